The van der Waals surface area contributed by atoms with Gasteiger partial charge in [0.15, 0.2) is 5.96 Å². The Morgan fingerprint density at radius 2 is 2.10 bits per heavy atom. The molecular formula is C21H31N5O2S2. The van der Waals surface area contributed by atoms with Crippen LogP contribution in [0.3, 0.4) is 0 Å². The van der Waals surface area contributed by atoms with Crippen molar-refractivity contribution in [2.75, 3.05) is 27.2 Å². The van der Waals surface area contributed by atoms with Crippen LogP contribution in [0.5, 0.6) is 0 Å². The molecule has 1 aromatic carbocycles. The van der Waals surface area contributed by atoms with Crippen LogP contribution in [-0.2, 0) is 23.1 Å². The van der Waals surface area contributed by atoms with Gasteiger partial charge in [-0.2, -0.15) is 4.31 Å². The van der Waals surface area contributed by atoms with Crippen LogP contribution in [0.25, 0.3) is 0 Å². The van der Waals surface area contributed by atoms with E-state index in [-0.39, 0.29) is 0 Å². The Morgan fingerprint density at radius 1 is 1.37 bits per heavy atom. The lowest BCUT2D eigenvalue weighted by Crippen LogP contribution is -2.39. The van der Waals surface area contributed by atoms with Crippen molar-refractivity contribution in [1.29, 1.82) is 0 Å². The Morgan fingerprint density at radius 3 is 2.70 bits per heavy atom. The van der Waals surface area contributed by atoms with E-state index in [0.717, 1.165) is 35.1 Å². The summed E-state index contributed by atoms with van der Waals surface area (Å²) in [5.41, 5.74) is 2.02. The summed E-state index contributed by atoms with van der Waals surface area (Å²) in [5, 5.41) is 6.44. The minimum atomic E-state index is -3.42. The molecule has 2 heterocycles. The van der Waals surface area contributed by atoms with E-state index in [9.17, 15) is 8.42 Å². The number of nitrogens with one attached hydrogen (secondary N) is 1. The Labute approximate surface area is 183 Å². The second kappa shape index (κ2) is 9.89. The number of aryl methyl sites for hydroxylation is 1. The first-order chi connectivity index (χ1) is 14.3. The summed E-state index contributed by atoms with van der Waals surface area (Å²) in [7, 11) is 0.303. The SMILES string of the molecule is CN=C(NCc1ccc(S(=O)(=O)N2CCCC(C)C2)cc1)N(C)Cc1csc(C)n1. The highest BCUT2D eigenvalue weighted by Gasteiger charge is 2.28. The van der Waals surface area contributed by atoms with Gasteiger partial charge in [-0.25, -0.2) is 13.4 Å². The molecule has 0 spiro atoms. The standard InChI is InChI=1S/C21H31N5O2S2/c1-16-6-5-11-26(13-16)30(27,28)20-9-7-18(8-10-20)12-23-21(22-3)25(4)14-19-15-29-17(2)24-19/h7-10,15-16H,5-6,11-14H2,1-4H3,(H,22,23). The van der Waals surface area contributed by atoms with Crippen molar-refractivity contribution in [1.82, 2.24) is 19.5 Å². The summed E-state index contributed by atoms with van der Waals surface area (Å²) >= 11 is 1.64. The summed E-state index contributed by atoms with van der Waals surface area (Å²) in [6, 6.07) is 7.14. The fourth-order valence-corrected chi connectivity index (χ4v) is 5.86. The number of aromatic nitrogens is 1. The number of aliphatic imine (C=N–C) groups is 1. The predicted molar refractivity (Wildman–Crippen MR) is 122 cm³/mol. The molecule has 1 fully saturated rings. The van der Waals surface area contributed by atoms with Crippen molar-refractivity contribution >= 4 is 27.3 Å². The number of hydrogen-bond donors (Lipinski definition) is 1. The number of nitrogens with zero attached hydrogens (tertiary/aromatic N) is 4. The highest BCUT2D eigenvalue weighted by atomic mass is 32.2. The second-order valence-corrected chi connectivity index (χ2v) is 10.9. The third kappa shape index (κ3) is 5.59. The number of benzene rings is 1. The smallest absolute Gasteiger partial charge is 0.243 e. The molecule has 2 aromatic rings. The number of piperidine rings is 1. The van der Waals surface area contributed by atoms with Crippen molar-refractivity contribution in [3.05, 3.63) is 45.9 Å². The average molecular weight is 450 g/mol. The summed E-state index contributed by atoms with van der Waals surface area (Å²) in [6.07, 6.45) is 2.02. The molecule has 1 aliphatic rings. The van der Waals surface area contributed by atoms with Crippen LogP contribution in [0.4, 0.5) is 0 Å². The largest absolute Gasteiger partial charge is 0.352 e. The van der Waals surface area contributed by atoms with Crippen LogP contribution in [0.15, 0.2) is 39.5 Å². The fraction of sp³-hybridized carbons (Fsp3) is 0.524. The number of rotatable bonds is 6. The van der Waals surface area contributed by atoms with Crippen molar-refractivity contribution in [3.63, 3.8) is 0 Å². The fourth-order valence-electron chi connectivity index (χ4n) is 3.66. The van der Waals surface area contributed by atoms with E-state index < -0.39 is 10.0 Å². The Bertz CT molecular complexity index is 970. The van der Waals surface area contributed by atoms with Crippen molar-refractivity contribution < 1.29 is 8.42 Å². The van der Waals surface area contributed by atoms with E-state index in [1.807, 2.05) is 31.0 Å². The van der Waals surface area contributed by atoms with Crippen LogP contribution >= 0.6 is 11.3 Å². The van der Waals surface area contributed by atoms with Gasteiger partial charge in [0, 0.05) is 39.1 Å². The topological polar surface area (TPSA) is 77.9 Å². The lowest BCUT2D eigenvalue weighted by Gasteiger charge is -2.30. The first kappa shape index (κ1) is 22.7. The van der Waals surface area contributed by atoms with E-state index in [2.05, 4.69) is 27.6 Å². The van der Waals surface area contributed by atoms with Crippen molar-refractivity contribution in [2.24, 2.45) is 10.9 Å². The highest BCUT2D eigenvalue weighted by molar-refractivity contribution is 7.89. The second-order valence-electron chi connectivity index (χ2n) is 7.87. The molecule has 0 saturated carbocycles. The molecule has 1 aromatic heterocycles. The van der Waals surface area contributed by atoms with Crippen LogP contribution in [0.2, 0.25) is 0 Å². The zero-order valence-electron chi connectivity index (χ0n) is 18.1. The highest BCUT2D eigenvalue weighted by Crippen LogP contribution is 2.23. The Kier molecular flexibility index (Phi) is 7.49. The van der Waals surface area contributed by atoms with Gasteiger partial charge in [0.05, 0.1) is 22.1 Å². The normalized spacial score (nSPS) is 18.4. The monoisotopic (exact) mass is 449 g/mol. The van der Waals surface area contributed by atoms with E-state index in [1.54, 1.807) is 34.8 Å². The van der Waals surface area contributed by atoms with E-state index in [1.165, 1.54) is 0 Å². The van der Waals surface area contributed by atoms with E-state index in [0.29, 0.717) is 37.0 Å². The molecule has 0 bridgehead atoms. The molecule has 1 atom stereocenters. The molecule has 3 rings (SSSR count). The Hall–Kier alpha value is -1.97. The van der Waals surface area contributed by atoms with Gasteiger partial charge >= 0.3 is 0 Å². The van der Waals surface area contributed by atoms with E-state index >= 15 is 0 Å². The third-order valence-corrected chi connectivity index (χ3v) is 7.97. The van der Waals surface area contributed by atoms with Crippen LogP contribution < -0.4 is 5.32 Å². The van der Waals surface area contributed by atoms with Crippen LogP contribution in [-0.4, -0.2) is 55.8 Å². The van der Waals surface area contributed by atoms with Gasteiger partial charge in [0.25, 0.3) is 0 Å². The van der Waals surface area contributed by atoms with Gasteiger partial charge < -0.3 is 10.2 Å². The predicted octanol–water partition coefficient (Wildman–Crippen LogP) is 3.08. The molecule has 164 valence electrons. The molecule has 1 unspecified atom stereocenters. The first-order valence-electron chi connectivity index (χ1n) is 10.2. The molecule has 0 radical (unpaired) electrons. The molecule has 1 N–H and O–H groups in total. The lowest BCUT2D eigenvalue weighted by atomic mass is 10.0. The van der Waals surface area contributed by atoms with Gasteiger partial charge in [-0.1, -0.05) is 19.1 Å². The van der Waals surface area contributed by atoms with Gasteiger partial charge in [-0.05, 0) is 43.4 Å². The summed E-state index contributed by atoms with van der Waals surface area (Å²) in [6.45, 7) is 6.56. The molecule has 30 heavy (non-hydrogen) atoms. The van der Waals surface area contributed by atoms with Crippen molar-refractivity contribution in [2.45, 2.75) is 44.7 Å². The van der Waals surface area contributed by atoms with Crippen LogP contribution in [0.1, 0.15) is 36.0 Å². The maximum Gasteiger partial charge on any atom is 0.243 e. The maximum absolute atomic E-state index is 12.9. The summed E-state index contributed by atoms with van der Waals surface area (Å²) in [5.74, 6) is 1.17. The van der Waals surface area contributed by atoms with Gasteiger partial charge in [0.1, 0.15) is 0 Å². The van der Waals surface area contributed by atoms with Crippen LogP contribution in [0, 0.1) is 12.8 Å². The summed E-state index contributed by atoms with van der Waals surface area (Å²) in [4.78, 5) is 11.2. The molecular weight excluding hydrogens is 418 g/mol. The van der Waals surface area contributed by atoms with Gasteiger partial charge in [0.2, 0.25) is 10.0 Å². The number of thiazole rings is 1. The molecule has 9 heteroatoms. The molecule has 0 aliphatic carbocycles. The lowest BCUT2D eigenvalue weighted by molar-refractivity contribution is 0.281. The average Bonchev–Trinajstić information content (AvgIpc) is 3.13. The molecule has 1 saturated heterocycles. The third-order valence-electron chi connectivity index (χ3n) is 5.27. The number of guanidine groups is 1. The number of hydrogen-bond acceptors (Lipinski definition) is 5. The van der Waals surface area contributed by atoms with Crippen molar-refractivity contribution in [3.8, 4) is 0 Å². The zero-order chi connectivity index (χ0) is 21.7. The molecule has 1 aliphatic heterocycles. The molecule has 0 amide bonds. The summed E-state index contributed by atoms with van der Waals surface area (Å²) < 4.78 is 27.4. The van der Waals surface area contributed by atoms with E-state index in [4.69, 9.17) is 0 Å². The van der Waals surface area contributed by atoms with Gasteiger partial charge in [-0.3, -0.25) is 4.99 Å². The minimum absolute atomic E-state index is 0.362. The molecule has 7 nitrogen and oxygen atoms in total. The zero-order valence-corrected chi connectivity index (χ0v) is 19.8. The maximum atomic E-state index is 12.9. The quantitative estimate of drug-likeness (QED) is 0.542. The van der Waals surface area contributed by atoms with Gasteiger partial charge in [-0.15, -0.1) is 11.3 Å². The number of sulfonamides is 1. The first-order valence-corrected chi connectivity index (χ1v) is 12.5. The Balaban J connectivity index is 1.59. The minimum Gasteiger partial charge on any atom is -0.352 e.